The molecular formula is C26H20ClFN4O4S2. The van der Waals surface area contributed by atoms with Crippen LogP contribution >= 0.6 is 22.9 Å². The zero-order valence-corrected chi connectivity index (χ0v) is 22.4. The molecule has 0 fully saturated rings. The molecule has 3 aromatic carbocycles. The summed E-state index contributed by atoms with van der Waals surface area (Å²) in [4.78, 5) is 14.0. The minimum absolute atomic E-state index is 0.000821. The van der Waals surface area contributed by atoms with E-state index in [0.717, 1.165) is 10.2 Å². The number of halogens is 2. The zero-order chi connectivity index (χ0) is 27.0. The number of sulfonamides is 1. The van der Waals surface area contributed by atoms with Crippen molar-refractivity contribution >= 4 is 60.5 Å². The average molecular weight is 571 g/mol. The molecule has 0 bridgehead atoms. The number of aryl methyl sites for hydroxylation is 1. The van der Waals surface area contributed by atoms with E-state index < -0.39 is 15.9 Å². The highest BCUT2D eigenvalue weighted by Gasteiger charge is 2.21. The zero-order valence-electron chi connectivity index (χ0n) is 20.0. The monoisotopic (exact) mass is 570 g/mol. The number of thiophene rings is 1. The van der Waals surface area contributed by atoms with Crippen molar-refractivity contribution in [1.29, 1.82) is 0 Å². The van der Waals surface area contributed by atoms with Crippen molar-refractivity contribution in [1.82, 2.24) is 9.78 Å². The number of rotatable bonds is 7. The summed E-state index contributed by atoms with van der Waals surface area (Å²) < 4.78 is 48.6. The van der Waals surface area contributed by atoms with Gasteiger partial charge in [0.1, 0.15) is 21.3 Å². The van der Waals surface area contributed by atoms with E-state index in [-0.39, 0.29) is 21.4 Å². The molecule has 2 N–H and O–H groups in total. The van der Waals surface area contributed by atoms with Crippen LogP contribution in [0.5, 0.6) is 5.75 Å². The maximum Gasteiger partial charge on any atom is 0.265 e. The topological polar surface area (TPSA) is 102 Å². The lowest BCUT2D eigenvalue weighted by atomic mass is 10.3. The number of hydrogen-bond acceptors (Lipinski definition) is 6. The minimum atomic E-state index is -4.05. The molecule has 38 heavy (non-hydrogen) atoms. The summed E-state index contributed by atoms with van der Waals surface area (Å²) >= 11 is 7.42. The second-order valence-corrected chi connectivity index (χ2v) is 11.3. The van der Waals surface area contributed by atoms with Crippen LogP contribution in [0.3, 0.4) is 0 Å². The van der Waals surface area contributed by atoms with Crippen LogP contribution in [0.4, 0.5) is 15.8 Å². The van der Waals surface area contributed by atoms with Gasteiger partial charge < -0.3 is 10.1 Å². The normalized spacial score (nSPS) is 11.5. The molecule has 0 radical (unpaired) electrons. The Morgan fingerprint density at radius 1 is 1.03 bits per heavy atom. The fourth-order valence-corrected chi connectivity index (χ4v) is 6.43. The van der Waals surface area contributed by atoms with E-state index >= 15 is 0 Å². The number of nitrogens with one attached hydrogen (secondary N) is 2. The summed E-state index contributed by atoms with van der Waals surface area (Å²) in [7, 11) is -2.54. The van der Waals surface area contributed by atoms with E-state index in [1.165, 1.54) is 48.8 Å². The van der Waals surface area contributed by atoms with Crippen molar-refractivity contribution < 1.29 is 22.3 Å². The molecule has 0 atom stereocenters. The summed E-state index contributed by atoms with van der Waals surface area (Å²) in [6.45, 7) is 1.82. The van der Waals surface area contributed by atoms with Crippen LogP contribution in [-0.4, -0.2) is 31.2 Å². The van der Waals surface area contributed by atoms with Gasteiger partial charge in [0.25, 0.3) is 15.9 Å². The van der Waals surface area contributed by atoms with Crippen molar-refractivity contribution in [3.8, 4) is 11.4 Å². The number of carbonyl (C=O) groups excluding carboxylic acids is 1. The summed E-state index contributed by atoms with van der Waals surface area (Å²) in [5.74, 6) is -0.203. The van der Waals surface area contributed by atoms with Crippen molar-refractivity contribution in [3.63, 3.8) is 0 Å². The molecule has 0 saturated carbocycles. The quantitative estimate of drug-likeness (QED) is 0.241. The Morgan fingerprint density at radius 2 is 1.71 bits per heavy atom. The molecule has 0 spiro atoms. The van der Waals surface area contributed by atoms with Crippen LogP contribution in [0.2, 0.25) is 5.02 Å². The van der Waals surface area contributed by atoms with Gasteiger partial charge in [-0.15, -0.1) is 11.3 Å². The number of methoxy groups -OCH3 is 1. The van der Waals surface area contributed by atoms with E-state index in [0.29, 0.717) is 27.7 Å². The molecule has 2 aromatic heterocycles. The second kappa shape index (κ2) is 10.1. The van der Waals surface area contributed by atoms with Gasteiger partial charge in [0, 0.05) is 16.8 Å². The summed E-state index contributed by atoms with van der Waals surface area (Å²) in [5, 5.41) is 8.03. The highest BCUT2D eigenvalue weighted by atomic mass is 35.5. The van der Waals surface area contributed by atoms with Crippen LogP contribution < -0.4 is 14.8 Å². The lowest BCUT2D eigenvalue weighted by Crippen LogP contribution is -2.15. The van der Waals surface area contributed by atoms with Gasteiger partial charge in [0.15, 0.2) is 0 Å². The predicted octanol–water partition coefficient (Wildman–Crippen LogP) is 6.25. The van der Waals surface area contributed by atoms with Gasteiger partial charge in [-0.1, -0.05) is 11.6 Å². The molecule has 12 heteroatoms. The van der Waals surface area contributed by atoms with Crippen LogP contribution in [0, 0.1) is 12.7 Å². The molecule has 0 aliphatic rings. The highest BCUT2D eigenvalue weighted by Crippen LogP contribution is 2.32. The fourth-order valence-electron chi connectivity index (χ4n) is 3.77. The van der Waals surface area contributed by atoms with Crippen molar-refractivity contribution in [2.24, 2.45) is 0 Å². The smallest absolute Gasteiger partial charge is 0.265 e. The summed E-state index contributed by atoms with van der Waals surface area (Å²) in [6.07, 6.45) is 0. The first-order valence-corrected chi connectivity index (χ1v) is 13.9. The Hall–Kier alpha value is -3.93. The maximum atomic E-state index is 13.4. The van der Waals surface area contributed by atoms with Crippen molar-refractivity contribution in [3.05, 3.63) is 94.2 Å². The number of benzene rings is 3. The van der Waals surface area contributed by atoms with E-state index in [9.17, 15) is 17.6 Å². The maximum absolute atomic E-state index is 13.4. The number of fused-ring (bicyclic) bond motifs is 1. The lowest BCUT2D eigenvalue weighted by Gasteiger charge is -2.12. The van der Waals surface area contributed by atoms with Gasteiger partial charge in [-0.25, -0.2) is 17.5 Å². The van der Waals surface area contributed by atoms with Gasteiger partial charge in [-0.05, 0) is 79.7 Å². The van der Waals surface area contributed by atoms with Crippen LogP contribution in [0.15, 0.2) is 77.7 Å². The van der Waals surface area contributed by atoms with Gasteiger partial charge >= 0.3 is 0 Å². The number of nitrogens with zero attached hydrogens (tertiary/aromatic N) is 2. The molecule has 0 aliphatic heterocycles. The molecule has 8 nitrogen and oxygen atoms in total. The molecule has 194 valence electrons. The third-order valence-corrected chi connectivity index (χ3v) is 8.63. The molecule has 0 saturated heterocycles. The minimum Gasteiger partial charge on any atom is -0.497 e. The molecule has 5 rings (SSSR count). The number of amides is 1. The SMILES string of the molecule is COc1ccc(NS(=O)(=O)c2cc(NC(=O)c3cc4c(C)nn(-c5ccc(F)cc5)c4s3)ccc2Cl)cc1. The van der Waals surface area contributed by atoms with Gasteiger partial charge in [0.2, 0.25) is 0 Å². The fraction of sp³-hybridized carbons (Fsp3) is 0.0769. The van der Waals surface area contributed by atoms with Gasteiger partial charge in [-0.2, -0.15) is 5.10 Å². The second-order valence-electron chi connectivity index (χ2n) is 8.24. The Morgan fingerprint density at radius 3 is 2.39 bits per heavy atom. The third-order valence-electron chi connectivity index (χ3n) is 5.66. The van der Waals surface area contributed by atoms with Crippen LogP contribution in [0.1, 0.15) is 15.4 Å². The van der Waals surface area contributed by atoms with E-state index in [2.05, 4.69) is 15.1 Å². The molecular weight excluding hydrogens is 551 g/mol. The number of carbonyl (C=O) groups is 1. The first-order valence-electron chi connectivity index (χ1n) is 11.2. The van der Waals surface area contributed by atoms with E-state index in [1.807, 2.05) is 6.92 Å². The Kier molecular flexibility index (Phi) is 6.82. The largest absolute Gasteiger partial charge is 0.497 e. The number of ether oxygens (including phenoxy) is 1. The Labute approximate surface area is 226 Å². The molecule has 0 aliphatic carbocycles. The summed E-state index contributed by atoms with van der Waals surface area (Å²) in [6, 6.07) is 18.2. The molecule has 2 heterocycles. The van der Waals surface area contributed by atoms with Crippen LogP contribution in [0.25, 0.3) is 15.9 Å². The Bertz CT molecular complexity index is 1770. The first kappa shape index (κ1) is 25.7. The van der Waals surface area contributed by atoms with Crippen LogP contribution in [-0.2, 0) is 10.0 Å². The third kappa shape index (κ3) is 5.08. The lowest BCUT2D eigenvalue weighted by molar-refractivity contribution is 0.103. The van der Waals surface area contributed by atoms with E-state index in [4.69, 9.17) is 16.3 Å². The Balaban J connectivity index is 1.40. The van der Waals surface area contributed by atoms with Gasteiger partial charge in [-0.3, -0.25) is 9.52 Å². The number of aromatic nitrogens is 2. The number of hydrogen-bond donors (Lipinski definition) is 2. The number of anilines is 2. The van der Waals surface area contributed by atoms with Gasteiger partial charge in [0.05, 0.1) is 28.4 Å². The predicted molar refractivity (Wildman–Crippen MR) is 147 cm³/mol. The standard InChI is InChI=1S/C26H20ClFN4O4S2/c1-15-21-14-23(37-26(21)32(30-15)19-8-3-16(28)4-9-19)25(33)29-18-7-12-22(27)24(13-18)38(34,35)31-17-5-10-20(36-2)11-6-17/h3-14,31H,1-2H3,(H,29,33). The van der Waals surface area contributed by atoms with Crippen molar-refractivity contribution in [2.75, 3.05) is 17.1 Å². The first-order chi connectivity index (χ1) is 18.1. The molecule has 0 unspecified atom stereocenters. The van der Waals surface area contributed by atoms with E-state index in [1.54, 1.807) is 47.1 Å². The molecule has 1 amide bonds. The summed E-state index contributed by atoms with van der Waals surface area (Å²) in [5.41, 5.74) is 1.95. The van der Waals surface area contributed by atoms with Crippen molar-refractivity contribution in [2.45, 2.75) is 11.8 Å². The average Bonchev–Trinajstić information content (AvgIpc) is 3.46. The highest BCUT2D eigenvalue weighted by molar-refractivity contribution is 7.92. The molecule has 5 aromatic rings.